The highest BCUT2D eigenvalue weighted by molar-refractivity contribution is 9.10. The zero-order valence-electron chi connectivity index (χ0n) is 16.9. The highest BCUT2D eigenvalue weighted by atomic mass is 79.9. The Kier molecular flexibility index (Phi) is 4.75. The first-order chi connectivity index (χ1) is 15.3. The fourth-order valence-corrected chi connectivity index (χ4v) is 5.51. The van der Waals surface area contributed by atoms with Crippen molar-refractivity contribution < 1.29 is 18.9 Å². The summed E-state index contributed by atoms with van der Waals surface area (Å²) < 4.78 is 6.20. The highest BCUT2D eigenvalue weighted by Crippen LogP contribution is 2.56. The van der Waals surface area contributed by atoms with E-state index in [2.05, 4.69) is 21.2 Å². The molecule has 3 heterocycles. The van der Waals surface area contributed by atoms with E-state index in [4.69, 9.17) is 4.42 Å². The summed E-state index contributed by atoms with van der Waals surface area (Å²) >= 11 is 3.48. The number of anilines is 1. The molecular formula is C23H18BrN3O5. The van der Waals surface area contributed by atoms with Gasteiger partial charge in [0.25, 0.3) is 5.69 Å². The van der Waals surface area contributed by atoms with Crippen molar-refractivity contribution in [1.29, 1.82) is 0 Å². The molecule has 2 aliphatic heterocycles. The van der Waals surface area contributed by atoms with E-state index in [-0.39, 0.29) is 23.1 Å². The molecule has 1 saturated heterocycles. The number of nitro groups is 1. The van der Waals surface area contributed by atoms with E-state index in [1.807, 2.05) is 17.0 Å². The van der Waals surface area contributed by atoms with Gasteiger partial charge < -0.3 is 9.73 Å². The Morgan fingerprint density at radius 2 is 2.06 bits per heavy atom. The normalized spacial score (nSPS) is 24.5. The van der Waals surface area contributed by atoms with Gasteiger partial charge in [0.15, 0.2) is 5.76 Å². The van der Waals surface area contributed by atoms with Gasteiger partial charge in [-0.1, -0.05) is 28.1 Å². The molecule has 0 radical (unpaired) electrons. The van der Waals surface area contributed by atoms with Crippen LogP contribution in [0.2, 0.25) is 0 Å². The molecule has 1 aromatic heterocycles. The number of likely N-dealkylation sites (tertiary alicyclic amines) is 1. The number of hydrogen-bond donors (Lipinski definition) is 1. The Bertz CT molecular complexity index is 1260. The molecule has 1 amide bonds. The Balaban J connectivity index is 1.74. The molecule has 5 rings (SSSR count). The lowest BCUT2D eigenvalue weighted by molar-refractivity contribution is -0.384. The summed E-state index contributed by atoms with van der Waals surface area (Å²) in [6.45, 7) is 0.359. The van der Waals surface area contributed by atoms with Gasteiger partial charge in [-0.2, -0.15) is 0 Å². The van der Waals surface area contributed by atoms with Crippen LogP contribution in [0.3, 0.4) is 0 Å². The molecule has 0 aliphatic carbocycles. The number of benzene rings is 2. The summed E-state index contributed by atoms with van der Waals surface area (Å²) in [4.78, 5) is 40.2. The Morgan fingerprint density at radius 1 is 1.25 bits per heavy atom. The predicted octanol–water partition coefficient (Wildman–Crippen LogP) is 4.33. The second kappa shape index (κ2) is 7.39. The third-order valence-electron chi connectivity index (χ3n) is 6.47. The van der Waals surface area contributed by atoms with E-state index >= 15 is 0 Å². The standard InChI is InChI=1S/C23H18BrN3O5/c1-26-12-16(13-4-2-5-15(10-13)27(30)31)20(21(28)19-6-3-9-32-19)23(26)17-11-14(24)7-8-18(17)25-22(23)29/h2-11,16,20H,12H2,1H3,(H,25,29). The van der Waals surface area contributed by atoms with Crippen LogP contribution in [0.25, 0.3) is 0 Å². The summed E-state index contributed by atoms with van der Waals surface area (Å²) in [6, 6.07) is 14.9. The molecule has 3 unspecified atom stereocenters. The predicted molar refractivity (Wildman–Crippen MR) is 119 cm³/mol. The van der Waals surface area contributed by atoms with Gasteiger partial charge >= 0.3 is 0 Å². The summed E-state index contributed by atoms with van der Waals surface area (Å²) in [5.41, 5.74) is 0.621. The van der Waals surface area contributed by atoms with Crippen molar-refractivity contribution in [1.82, 2.24) is 4.90 Å². The number of fused-ring (bicyclic) bond motifs is 2. The summed E-state index contributed by atoms with van der Waals surface area (Å²) in [7, 11) is 1.80. The number of hydrogen-bond acceptors (Lipinski definition) is 6. The van der Waals surface area contributed by atoms with Crippen molar-refractivity contribution in [2.45, 2.75) is 11.5 Å². The van der Waals surface area contributed by atoms with Crippen LogP contribution < -0.4 is 5.32 Å². The minimum absolute atomic E-state index is 0.0608. The van der Waals surface area contributed by atoms with Gasteiger partial charge in [-0.25, -0.2) is 0 Å². The van der Waals surface area contributed by atoms with Crippen molar-refractivity contribution in [3.63, 3.8) is 0 Å². The van der Waals surface area contributed by atoms with E-state index in [1.165, 1.54) is 18.4 Å². The smallest absolute Gasteiger partial charge is 0.269 e. The number of furan rings is 1. The zero-order chi connectivity index (χ0) is 22.6. The summed E-state index contributed by atoms with van der Waals surface area (Å²) in [5.74, 6) is -1.79. The van der Waals surface area contributed by atoms with Crippen LogP contribution in [-0.2, 0) is 10.3 Å². The fourth-order valence-electron chi connectivity index (χ4n) is 5.15. The number of nitro benzene ring substituents is 1. The van der Waals surface area contributed by atoms with E-state index in [9.17, 15) is 19.7 Å². The number of nitrogens with one attached hydrogen (secondary N) is 1. The van der Waals surface area contributed by atoms with Crippen LogP contribution in [0.15, 0.2) is 69.8 Å². The third kappa shape index (κ3) is 2.85. The Hall–Kier alpha value is -3.30. The topological polar surface area (TPSA) is 106 Å². The van der Waals surface area contributed by atoms with Gasteiger partial charge in [0.2, 0.25) is 11.7 Å². The van der Waals surface area contributed by atoms with Crippen molar-refractivity contribution in [3.05, 3.63) is 92.3 Å². The minimum Gasteiger partial charge on any atom is -0.461 e. The SMILES string of the molecule is CN1CC(c2cccc([N+](=O)[O-])c2)C(C(=O)c2ccco2)C12C(=O)Nc1ccc(Br)cc12. The zero-order valence-corrected chi connectivity index (χ0v) is 18.5. The van der Waals surface area contributed by atoms with Crippen LogP contribution in [0.1, 0.15) is 27.6 Å². The number of ketones is 1. The van der Waals surface area contributed by atoms with Crippen molar-refractivity contribution in [2.75, 3.05) is 18.9 Å². The first-order valence-electron chi connectivity index (χ1n) is 9.99. The van der Waals surface area contributed by atoms with Crippen LogP contribution in [0, 0.1) is 16.0 Å². The van der Waals surface area contributed by atoms with Gasteiger partial charge in [-0.3, -0.25) is 24.6 Å². The number of amides is 1. The molecule has 9 heteroatoms. The first kappa shape index (κ1) is 20.6. The van der Waals surface area contributed by atoms with E-state index in [0.29, 0.717) is 23.4 Å². The second-order valence-electron chi connectivity index (χ2n) is 8.07. The van der Waals surface area contributed by atoms with Crippen molar-refractivity contribution in [3.8, 4) is 0 Å². The maximum atomic E-state index is 13.8. The van der Waals surface area contributed by atoms with Crippen LogP contribution in [-0.4, -0.2) is 35.1 Å². The number of likely N-dealkylation sites (N-methyl/N-ethyl adjacent to an activating group) is 1. The molecule has 0 saturated carbocycles. The molecule has 1 N–H and O–H groups in total. The number of halogens is 1. The number of nitrogens with zero attached hydrogens (tertiary/aromatic N) is 2. The van der Waals surface area contributed by atoms with Gasteiger partial charge in [-0.15, -0.1) is 0 Å². The van der Waals surface area contributed by atoms with Gasteiger partial charge in [0.1, 0.15) is 5.54 Å². The summed E-state index contributed by atoms with van der Waals surface area (Å²) in [6.07, 6.45) is 1.42. The van der Waals surface area contributed by atoms with Crippen LogP contribution in [0.4, 0.5) is 11.4 Å². The lowest BCUT2D eigenvalue weighted by Gasteiger charge is -2.35. The minimum atomic E-state index is -1.28. The van der Waals surface area contributed by atoms with Gasteiger partial charge in [0, 0.05) is 40.3 Å². The number of non-ortho nitro benzene ring substituents is 1. The van der Waals surface area contributed by atoms with E-state index < -0.39 is 22.3 Å². The number of carbonyl (C=O) groups is 2. The molecular weight excluding hydrogens is 478 g/mol. The molecule has 3 aromatic rings. The molecule has 0 bridgehead atoms. The Labute approximate surface area is 191 Å². The summed E-state index contributed by atoms with van der Waals surface area (Å²) in [5, 5.41) is 14.3. The van der Waals surface area contributed by atoms with Crippen LogP contribution >= 0.6 is 15.9 Å². The molecule has 8 nitrogen and oxygen atoms in total. The molecule has 2 aromatic carbocycles. The first-order valence-corrected chi connectivity index (χ1v) is 10.8. The van der Waals surface area contributed by atoms with Gasteiger partial charge in [-0.05, 0) is 42.9 Å². The Morgan fingerprint density at radius 3 is 2.78 bits per heavy atom. The maximum Gasteiger partial charge on any atom is 0.269 e. The monoisotopic (exact) mass is 495 g/mol. The number of rotatable bonds is 4. The van der Waals surface area contributed by atoms with Crippen LogP contribution in [0.5, 0.6) is 0 Å². The lowest BCUT2D eigenvalue weighted by Crippen LogP contribution is -2.51. The largest absolute Gasteiger partial charge is 0.461 e. The molecule has 3 atom stereocenters. The lowest BCUT2D eigenvalue weighted by atomic mass is 9.71. The van der Waals surface area contributed by atoms with Crippen molar-refractivity contribution in [2.24, 2.45) is 5.92 Å². The van der Waals surface area contributed by atoms with E-state index in [1.54, 1.807) is 37.4 Å². The fraction of sp³-hybridized carbons (Fsp3) is 0.217. The molecule has 32 heavy (non-hydrogen) atoms. The third-order valence-corrected chi connectivity index (χ3v) is 6.96. The molecule has 1 spiro atoms. The average molecular weight is 496 g/mol. The molecule has 1 fully saturated rings. The molecule has 162 valence electrons. The number of carbonyl (C=O) groups excluding carboxylic acids is 2. The number of Topliss-reactive ketones (excluding diaryl/α,β-unsaturated/α-hetero) is 1. The molecule has 2 aliphatic rings. The quantitative estimate of drug-likeness (QED) is 0.328. The maximum absolute atomic E-state index is 13.8. The van der Waals surface area contributed by atoms with Crippen molar-refractivity contribution >= 4 is 39.0 Å². The average Bonchev–Trinajstić information content (AvgIpc) is 3.47. The van der Waals surface area contributed by atoms with Gasteiger partial charge in [0.05, 0.1) is 17.1 Å². The second-order valence-corrected chi connectivity index (χ2v) is 8.98. The van der Waals surface area contributed by atoms with E-state index in [0.717, 1.165) is 4.47 Å². The highest BCUT2D eigenvalue weighted by Gasteiger charge is 2.64.